The van der Waals surface area contributed by atoms with Crippen LogP contribution in [0.3, 0.4) is 0 Å². The van der Waals surface area contributed by atoms with Crippen LogP contribution in [-0.2, 0) is 20.9 Å². The zero-order valence-corrected chi connectivity index (χ0v) is 9.57. The smallest absolute Gasteiger partial charge is 0.325 e. The fraction of sp³-hybridized carbons (Fsp3) is 0.400. The predicted octanol–water partition coefficient (Wildman–Crippen LogP) is 1.02. The van der Waals surface area contributed by atoms with E-state index in [1.165, 1.54) is 18.3 Å². The lowest BCUT2D eigenvalue weighted by molar-refractivity contribution is -0.146. The molecule has 0 N–H and O–H groups in total. The van der Waals surface area contributed by atoms with Crippen LogP contribution < -0.4 is 0 Å². The van der Waals surface area contributed by atoms with Crippen molar-refractivity contribution in [3.05, 3.63) is 24.2 Å². The molecule has 1 aromatic heterocycles. The molecule has 0 fully saturated rings. The summed E-state index contributed by atoms with van der Waals surface area (Å²) in [6.07, 6.45) is 1.50. The second-order valence-corrected chi connectivity index (χ2v) is 3.31. The summed E-state index contributed by atoms with van der Waals surface area (Å²) in [5, 5.41) is 0. The molecule has 0 radical (unpaired) electrons. The van der Waals surface area contributed by atoms with Crippen molar-refractivity contribution in [2.24, 2.45) is 0 Å². The van der Waals surface area contributed by atoms with Gasteiger partial charge in [0.15, 0.2) is 0 Å². The highest BCUT2D eigenvalue weighted by molar-refractivity contribution is 6.27. The Morgan fingerprint density at radius 3 is 2.81 bits per heavy atom. The zero-order valence-electron chi connectivity index (χ0n) is 8.81. The second kappa shape index (κ2) is 6.17. The minimum Gasteiger partial charge on any atom is -0.468 e. The molecular formula is C10H12ClNO4. The van der Waals surface area contributed by atoms with Crippen LogP contribution in [0.4, 0.5) is 0 Å². The Morgan fingerprint density at radius 1 is 1.56 bits per heavy atom. The van der Waals surface area contributed by atoms with Crippen LogP contribution in [0.2, 0.25) is 0 Å². The highest BCUT2D eigenvalue weighted by Crippen LogP contribution is 2.06. The van der Waals surface area contributed by atoms with Crippen LogP contribution in [0.1, 0.15) is 5.76 Å². The Balaban J connectivity index is 2.64. The number of nitrogens with zero attached hydrogens (tertiary/aromatic N) is 1. The molecule has 6 heteroatoms. The number of esters is 1. The molecule has 0 spiro atoms. The van der Waals surface area contributed by atoms with Gasteiger partial charge in [0.1, 0.15) is 18.2 Å². The van der Waals surface area contributed by atoms with E-state index in [4.69, 9.17) is 16.0 Å². The first-order valence-corrected chi connectivity index (χ1v) is 5.13. The van der Waals surface area contributed by atoms with E-state index in [2.05, 4.69) is 4.74 Å². The Kier molecular flexibility index (Phi) is 4.85. The van der Waals surface area contributed by atoms with E-state index in [1.807, 2.05) is 0 Å². The van der Waals surface area contributed by atoms with Gasteiger partial charge in [-0.25, -0.2) is 0 Å². The molecule has 1 amide bonds. The van der Waals surface area contributed by atoms with E-state index < -0.39 is 5.97 Å². The third kappa shape index (κ3) is 3.58. The summed E-state index contributed by atoms with van der Waals surface area (Å²) in [5.41, 5.74) is 0. The minimum absolute atomic E-state index is 0.136. The van der Waals surface area contributed by atoms with E-state index in [9.17, 15) is 9.59 Å². The van der Waals surface area contributed by atoms with Gasteiger partial charge in [0.25, 0.3) is 0 Å². The molecule has 0 aliphatic heterocycles. The van der Waals surface area contributed by atoms with Crippen molar-refractivity contribution in [1.29, 1.82) is 0 Å². The van der Waals surface area contributed by atoms with Gasteiger partial charge in [-0.2, -0.15) is 0 Å². The Morgan fingerprint density at radius 2 is 2.31 bits per heavy atom. The first kappa shape index (κ1) is 12.6. The highest BCUT2D eigenvalue weighted by Gasteiger charge is 2.17. The maximum atomic E-state index is 11.4. The third-order valence-electron chi connectivity index (χ3n) is 1.94. The molecule has 1 heterocycles. The van der Waals surface area contributed by atoms with Crippen molar-refractivity contribution in [3.8, 4) is 0 Å². The normalized spacial score (nSPS) is 9.88. The van der Waals surface area contributed by atoms with Gasteiger partial charge in [0.2, 0.25) is 5.91 Å². The van der Waals surface area contributed by atoms with Crippen molar-refractivity contribution in [2.75, 3.05) is 19.5 Å². The number of hydrogen-bond acceptors (Lipinski definition) is 4. The SMILES string of the molecule is COC(=O)CN(Cc1ccco1)C(=O)CCl. The zero-order chi connectivity index (χ0) is 12.0. The van der Waals surface area contributed by atoms with Crippen molar-refractivity contribution in [3.63, 3.8) is 0 Å². The van der Waals surface area contributed by atoms with Crippen LogP contribution in [0, 0.1) is 0 Å². The Labute approximate surface area is 97.9 Å². The van der Waals surface area contributed by atoms with Crippen molar-refractivity contribution in [2.45, 2.75) is 6.54 Å². The van der Waals surface area contributed by atoms with Gasteiger partial charge in [-0.1, -0.05) is 0 Å². The number of furan rings is 1. The molecule has 0 aromatic carbocycles. The fourth-order valence-corrected chi connectivity index (χ4v) is 1.30. The molecule has 0 aliphatic carbocycles. The lowest BCUT2D eigenvalue weighted by atomic mass is 10.4. The molecular weight excluding hydrogens is 234 g/mol. The van der Waals surface area contributed by atoms with Crippen molar-refractivity contribution in [1.82, 2.24) is 4.90 Å². The van der Waals surface area contributed by atoms with E-state index in [0.29, 0.717) is 5.76 Å². The number of alkyl halides is 1. The Bertz CT molecular complexity index is 350. The molecule has 0 unspecified atom stereocenters. The van der Waals surface area contributed by atoms with E-state index in [-0.39, 0.29) is 24.9 Å². The molecule has 0 atom stereocenters. The number of carbonyl (C=O) groups excluding carboxylic acids is 2. The third-order valence-corrected chi connectivity index (χ3v) is 2.17. The fourth-order valence-electron chi connectivity index (χ4n) is 1.13. The molecule has 0 aliphatic rings. The average Bonchev–Trinajstić information content (AvgIpc) is 2.79. The predicted molar refractivity (Wildman–Crippen MR) is 56.9 cm³/mol. The first-order chi connectivity index (χ1) is 7.67. The first-order valence-electron chi connectivity index (χ1n) is 4.60. The Hall–Kier alpha value is -1.49. The average molecular weight is 246 g/mol. The monoisotopic (exact) mass is 245 g/mol. The van der Waals surface area contributed by atoms with E-state index in [1.54, 1.807) is 12.1 Å². The number of rotatable bonds is 5. The van der Waals surface area contributed by atoms with Crippen LogP contribution in [0.5, 0.6) is 0 Å². The van der Waals surface area contributed by atoms with E-state index >= 15 is 0 Å². The second-order valence-electron chi connectivity index (χ2n) is 3.04. The molecule has 5 nitrogen and oxygen atoms in total. The lowest BCUT2D eigenvalue weighted by Gasteiger charge is -2.18. The quantitative estimate of drug-likeness (QED) is 0.574. The number of ether oxygens (including phenoxy) is 1. The number of hydrogen-bond donors (Lipinski definition) is 0. The standard InChI is InChI=1S/C10H12ClNO4/c1-15-10(14)7-12(9(13)5-11)6-8-3-2-4-16-8/h2-4H,5-7H2,1H3. The molecule has 0 bridgehead atoms. The van der Waals surface area contributed by atoms with Gasteiger partial charge in [-0.05, 0) is 12.1 Å². The summed E-state index contributed by atoms with van der Waals surface area (Å²) in [6.45, 7) is 0.0659. The maximum Gasteiger partial charge on any atom is 0.325 e. The maximum absolute atomic E-state index is 11.4. The van der Waals surface area contributed by atoms with Gasteiger partial charge in [-0.3, -0.25) is 9.59 Å². The number of amides is 1. The molecule has 1 rings (SSSR count). The van der Waals surface area contributed by atoms with Gasteiger partial charge in [0.05, 0.1) is 19.9 Å². The topological polar surface area (TPSA) is 59.8 Å². The molecule has 0 saturated heterocycles. The van der Waals surface area contributed by atoms with E-state index in [0.717, 1.165) is 0 Å². The summed E-state index contributed by atoms with van der Waals surface area (Å²) >= 11 is 5.44. The largest absolute Gasteiger partial charge is 0.468 e. The van der Waals surface area contributed by atoms with Crippen molar-refractivity contribution < 1.29 is 18.7 Å². The van der Waals surface area contributed by atoms with Crippen molar-refractivity contribution >= 4 is 23.5 Å². The minimum atomic E-state index is -0.495. The van der Waals surface area contributed by atoms with Gasteiger partial charge in [0, 0.05) is 0 Å². The summed E-state index contributed by atoms with van der Waals surface area (Å²) in [7, 11) is 1.26. The summed E-state index contributed by atoms with van der Waals surface area (Å²) in [4.78, 5) is 23.8. The van der Waals surface area contributed by atoms with Crippen LogP contribution in [-0.4, -0.2) is 36.3 Å². The summed E-state index contributed by atoms with van der Waals surface area (Å²) < 4.78 is 9.57. The van der Waals surface area contributed by atoms with Gasteiger partial charge < -0.3 is 14.1 Å². The van der Waals surface area contributed by atoms with Crippen LogP contribution in [0.25, 0.3) is 0 Å². The molecule has 88 valence electrons. The lowest BCUT2D eigenvalue weighted by Crippen LogP contribution is -2.36. The number of halogens is 1. The molecule has 0 saturated carbocycles. The number of carbonyl (C=O) groups is 2. The summed E-state index contributed by atoms with van der Waals surface area (Å²) in [6, 6.07) is 3.42. The molecule has 16 heavy (non-hydrogen) atoms. The summed E-state index contributed by atoms with van der Waals surface area (Å²) in [5.74, 6) is -0.437. The van der Waals surface area contributed by atoms with Crippen LogP contribution >= 0.6 is 11.6 Å². The van der Waals surface area contributed by atoms with Gasteiger partial charge in [-0.15, -0.1) is 11.6 Å². The van der Waals surface area contributed by atoms with Crippen LogP contribution in [0.15, 0.2) is 22.8 Å². The molecule has 1 aromatic rings. The van der Waals surface area contributed by atoms with Gasteiger partial charge >= 0.3 is 5.97 Å². The number of methoxy groups -OCH3 is 1. The highest BCUT2D eigenvalue weighted by atomic mass is 35.5.